The van der Waals surface area contributed by atoms with E-state index in [0.717, 1.165) is 54.7 Å². The smallest absolute Gasteiger partial charge is 0.119 e. The number of fused-ring (bicyclic) bond motifs is 2. The summed E-state index contributed by atoms with van der Waals surface area (Å²) in [5, 5.41) is 21.6. The molecule has 4 rings (SSSR count). The molecule has 0 spiro atoms. The average Bonchev–Trinajstić information content (AvgIpc) is 2.84. The molecule has 1 aliphatic carbocycles. The Hall–Kier alpha value is -2.67. The summed E-state index contributed by atoms with van der Waals surface area (Å²) in [5.41, 5.74) is 3.32. The lowest BCUT2D eigenvalue weighted by Crippen LogP contribution is -2.44. The molecule has 1 atom stereocenters. The molecule has 1 saturated heterocycles. The van der Waals surface area contributed by atoms with E-state index in [0.29, 0.717) is 5.56 Å². The monoisotopic (exact) mass is 356 g/mol. The summed E-state index contributed by atoms with van der Waals surface area (Å²) < 4.78 is 0. The number of benzene rings is 2. The van der Waals surface area contributed by atoms with E-state index in [1.807, 2.05) is 42.5 Å². The van der Waals surface area contributed by atoms with Crippen molar-refractivity contribution in [3.05, 3.63) is 82.9 Å². The number of nitrogens with zero attached hydrogens (tertiary/aromatic N) is 2. The molecule has 0 bridgehead atoms. The van der Waals surface area contributed by atoms with Gasteiger partial charge in [-0.25, -0.2) is 0 Å². The van der Waals surface area contributed by atoms with Gasteiger partial charge in [-0.1, -0.05) is 48.6 Å². The van der Waals surface area contributed by atoms with Gasteiger partial charge in [-0.2, -0.15) is 5.26 Å². The summed E-state index contributed by atoms with van der Waals surface area (Å²) in [6.45, 7) is 6.62. The van der Waals surface area contributed by atoms with Crippen molar-refractivity contribution >= 4 is 12.2 Å². The lowest BCUT2D eigenvalue weighted by Gasteiger charge is -2.43. The molecule has 1 heterocycles. The Kier molecular flexibility index (Phi) is 4.70. The van der Waals surface area contributed by atoms with Crippen molar-refractivity contribution in [2.75, 3.05) is 19.6 Å². The number of aliphatic hydroxyl groups is 1. The minimum absolute atomic E-state index is 0.104. The van der Waals surface area contributed by atoms with E-state index >= 15 is 0 Å². The molecule has 0 amide bonds. The van der Waals surface area contributed by atoms with Gasteiger partial charge in [0.15, 0.2) is 0 Å². The second kappa shape index (κ2) is 7.15. The second-order valence-electron chi connectivity index (χ2n) is 7.46. The van der Waals surface area contributed by atoms with E-state index in [2.05, 4.69) is 35.8 Å². The van der Waals surface area contributed by atoms with Crippen LogP contribution in [0, 0.1) is 17.2 Å². The topological polar surface area (TPSA) is 47.3 Å². The standard InChI is InChI=1S/C24H24N2O/c1-2-13-26-14-11-21(12-15-26)24(27)22-6-4-3-5-19(22)9-10-20-8-7-18(17-25)16-23(20)24/h2-10,16,21,27H,1,11-15H2. The van der Waals surface area contributed by atoms with Crippen LogP contribution in [0.1, 0.15) is 40.7 Å². The summed E-state index contributed by atoms with van der Waals surface area (Å²) in [6.07, 6.45) is 7.89. The lowest BCUT2D eigenvalue weighted by atomic mass is 9.70. The molecule has 3 nitrogen and oxygen atoms in total. The zero-order chi connectivity index (χ0) is 18.9. The van der Waals surface area contributed by atoms with Crippen LogP contribution in [0.2, 0.25) is 0 Å². The Bertz CT molecular complexity index is 932. The van der Waals surface area contributed by atoms with E-state index in [9.17, 15) is 10.4 Å². The Morgan fingerprint density at radius 2 is 1.81 bits per heavy atom. The highest BCUT2D eigenvalue weighted by Crippen LogP contribution is 2.46. The van der Waals surface area contributed by atoms with Crippen LogP contribution in [0.25, 0.3) is 12.2 Å². The fraction of sp³-hybridized carbons (Fsp3) is 0.292. The average molecular weight is 356 g/mol. The molecular weight excluding hydrogens is 332 g/mol. The molecule has 1 unspecified atom stereocenters. The van der Waals surface area contributed by atoms with Gasteiger partial charge in [0, 0.05) is 6.54 Å². The van der Waals surface area contributed by atoms with Gasteiger partial charge in [-0.3, -0.25) is 4.90 Å². The van der Waals surface area contributed by atoms with Gasteiger partial charge in [0.2, 0.25) is 0 Å². The summed E-state index contributed by atoms with van der Waals surface area (Å²) in [5.74, 6) is 0.104. The second-order valence-corrected chi connectivity index (χ2v) is 7.46. The van der Waals surface area contributed by atoms with Crippen LogP contribution in [0.5, 0.6) is 0 Å². The van der Waals surface area contributed by atoms with Crippen LogP contribution in [0.4, 0.5) is 0 Å². The van der Waals surface area contributed by atoms with Gasteiger partial charge in [0.25, 0.3) is 0 Å². The maximum absolute atomic E-state index is 12.2. The number of likely N-dealkylation sites (tertiary alicyclic amines) is 1. The van der Waals surface area contributed by atoms with Crippen molar-refractivity contribution in [3.63, 3.8) is 0 Å². The Morgan fingerprint density at radius 3 is 2.52 bits per heavy atom. The minimum atomic E-state index is -1.09. The van der Waals surface area contributed by atoms with Gasteiger partial charge in [0.05, 0.1) is 11.6 Å². The highest BCUT2D eigenvalue weighted by molar-refractivity contribution is 5.77. The normalized spacial score (nSPS) is 22.4. The molecule has 0 radical (unpaired) electrons. The third-order valence-corrected chi connectivity index (χ3v) is 5.97. The van der Waals surface area contributed by atoms with E-state index in [1.54, 1.807) is 0 Å². The van der Waals surface area contributed by atoms with Crippen molar-refractivity contribution in [2.45, 2.75) is 18.4 Å². The SMILES string of the molecule is C=CCN1CCC(C2(O)c3ccccc3C=Cc3ccc(C#N)cc32)CC1. The van der Waals surface area contributed by atoms with Crippen molar-refractivity contribution < 1.29 is 5.11 Å². The molecule has 1 fully saturated rings. The number of piperidine rings is 1. The van der Waals surface area contributed by atoms with E-state index in [4.69, 9.17) is 0 Å². The maximum Gasteiger partial charge on any atom is 0.119 e. The molecule has 2 aliphatic rings. The molecular formula is C24H24N2O. The van der Waals surface area contributed by atoms with Gasteiger partial charge in [-0.05, 0) is 66.2 Å². The molecule has 3 heteroatoms. The molecule has 0 saturated carbocycles. The predicted molar refractivity (Wildman–Crippen MR) is 109 cm³/mol. The number of nitriles is 1. The number of hydrogen-bond acceptors (Lipinski definition) is 3. The molecule has 2 aromatic rings. The molecule has 1 aliphatic heterocycles. The Balaban J connectivity index is 1.84. The highest BCUT2D eigenvalue weighted by Gasteiger charge is 2.44. The van der Waals surface area contributed by atoms with E-state index < -0.39 is 5.60 Å². The highest BCUT2D eigenvalue weighted by atomic mass is 16.3. The van der Waals surface area contributed by atoms with Crippen LogP contribution in [-0.2, 0) is 5.60 Å². The Labute approximate surface area is 160 Å². The fourth-order valence-electron chi connectivity index (χ4n) is 4.57. The lowest BCUT2D eigenvalue weighted by molar-refractivity contribution is -0.0128. The number of hydrogen-bond donors (Lipinski definition) is 1. The molecule has 27 heavy (non-hydrogen) atoms. The van der Waals surface area contributed by atoms with Crippen LogP contribution >= 0.6 is 0 Å². The first-order chi connectivity index (χ1) is 13.2. The van der Waals surface area contributed by atoms with E-state index in [1.165, 1.54) is 0 Å². The Morgan fingerprint density at radius 1 is 1.11 bits per heavy atom. The quantitative estimate of drug-likeness (QED) is 0.840. The van der Waals surface area contributed by atoms with Gasteiger partial charge in [0.1, 0.15) is 5.60 Å². The summed E-state index contributed by atoms with van der Waals surface area (Å²) in [7, 11) is 0. The zero-order valence-corrected chi connectivity index (χ0v) is 15.4. The first kappa shape index (κ1) is 17.7. The largest absolute Gasteiger partial charge is 0.380 e. The van der Waals surface area contributed by atoms with Gasteiger partial charge < -0.3 is 5.11 Å². The third-order valence-electron chi connectivity index (χ3n) is 5.97. The van der Waals surface area contributed by atoms with Crippen molar-refractivity contribution in [1.29, 1.82) is 5.26 Å². The summed E-state index contributed by atoms with van der Waals surface area (Å²) in [6, 6.07) is 16.0. The van der Waals surface area contributed by atoms with Crippen molar-refractivity contribution in [2.24, 2.45) is 5.92 Å². The minimum Gasteiger partial charge on any atom is -0.380 e. The van der Waals surface area contributed by atoms with Crippen LogP contribution in [0.15, 0.2) is 55.1 Å². The maximum atomic E-state index is 12.2. The van der Waals surface area contributed by atoms with E-state index in [-0.39, 0.29) is 5.92 Å². The van der Waals surface area contributed by atoms with Crippen molar-refractivity contribution in [1.82, 2.24) is 4.90 Å². The number of rotatable bonds is 3. The van der Waals surface area contributed by atoms with Crippen LogP contribution < -0.4 is 0 Å². The van der Waals surface area contributed by atoms with Crippen LogP contribution in [0.3, 0.4) is 0 Å². The fourth-order valence-corrected chi connectivity index (χ4v) is 4.57. The van der Waals surface area contributed by atoms with Crippen molar-refractivity contribution in [3.8, 4) is 6.07 Å². The first-order valence-electron chi connectivity index (χ1n) is 9.54. The molecule has 0 aromatic heterocycles. The van der Waals surface area contributed by atoms with Crippen LogP contribution in [-0.4, -0.2) is 29.6 Å². The summed E-state index contributed by atoms with van der Waals surface area (Å²) >= 11 is 0. The van der Waals surface area contributed by atoms with Gasteiger partial charge in [-0.15, -0.1) is 6.58 Å². The molecule has 2 aromatic carbocycles. The van der Waals surface area contributed by atoms with Gasteiger partial charge >= 0.3 is 0 Å². The summed E-state index contributed by atoms with van der Waals surface area (Å²) in [4.78, 5) is 2.38. The first-order valence-corrected chi connectivity index (χ1v) is 9.54. The zero-order valence-electron chi connectivity index (χ0n) is 15.4. The molecule has 136 valence electrons. The predicted octanol–water partition coefficient (Wildman–Crippen LogP) is 4.18. The molecule has 1 N–H and O–H groups in total. The third kappa shape index (κ3) is 3.02.